The monoisotopic (exact) mass is 235 g/mol. The Morgan fingerprint density at radius 3 is 2.47 bits per heavy atom. The molecule has 0 spiro atoms. The van der Waals surface area contributed by atoms with E-state index in [-0.39, 0.29) is 6.10 Å². The number of ether oxygens (including phenoxy) is 1. The molecule has 2 unspecified atom stereocenters. The standard InChI is InChI=1S/C15H25NO/c1-5-15(17-4)14(16-6-2)11-13-10-8-7-9-12(13)3/h7-10,14-16H,5-6,11H2,1-4H3. The summed E-state index contributed by atoms with van der Waals surface area (Å²) in [6, 6.07) is 8.98. The van der Waals surface area contributed by atoms with Crippen molar-refractivity contribution in [2.45, 2.75) is 45.8 Å². The highest BCUT2D eigenvalue weighted by atomic mass is 16.5. The molecule has 2 nitrogen and oxygen atoms in total. The van der Waals surface area contributed by atoms with Gasteiger partial charge in [-0.15, -0.1) is 0 Å². The molecule has 2 heteroatoms. The van der Waals surface area contributed by atoms with Crippen LogP contribution in [-0.2, 0) is 11.2 Å². The van der Waals surface area contributed by atoms with Crippen molar-refractivity contribution in [1.29, 1.82) is 0 Å². The number of benzene rings is 1. The Balaban J connectivity index is 2.75. The van der Waals surface area contributed by atoms with E-state index in [2.05, 4.69) is 50.4 Å². The van der Waals surface area contributed by atoms with Crippen molar-refractivity contribution in [3.05, 3.63) is 35.4 Å². The Morgan fingerprint density at radius 2 is 1.94 bits per heavy atom. The largest absolute Gasteiger partial charge is 0.380 e. The first-order valence-corrected chi connectivity index (χ1v) is 6.53. The van der Waals surface area contributed by atoms with Crippen LogP contribution in [-0.4, -0.2) is 25.8 Å². The Labute approximate surface area is 105 Å². The van der Waals surface area contributed by atoms with E-state index in [1.54, 1.807) is 7.11 Å². The molecule has 0 bridgehead atoms. The molecule has 1 aromatic carbocycles. The van der Waals surface area contributed by atoms with Crippen molar-refractivity contribution < 1.29 is 4.74 Å². The highest BCUT2D eigenvalue weighted by Crippen LogP contribution is 2.14. The van der Waals surface area contributed by atoms with Crippen LogP contribution in [0, 0.1) is 6.92 Å². The van der Waals surface area contributed by atoms with Gasteiger partial charge in [-0.25, -0.2) is 0 Å². The average molecular weight is 235 g/mol. The summed E-state index contributed by atoms with van der Waals surface area (Å²) >= 11 is 0. The van der Waals surface area contributed by atoms with E-state index < -0.39 is 0 Å². The lowest BCUT2D eigenvalue weighted by molar-refractivity contribution is 0.0658. The van der Waals surface area contributed by atoms with Crippen molar-refractivity contribution in [3.63, 3.8) is 0 Å². The Hall–Kier alpha value is -0.860. The molecule has 0 heterocycles. The van der Waals surface area contributed by atoms with Gasteiger partial charge < -0.3 is 10.1 Å². The number of aryl methyl sites for hydroxylation is 1. The summed E-state index contributed by atoms with van der Waals surface area (Å²) in [6.07, 6.45) is 2.36. The van der Waals surface area contributed by atoms with Crippen LogP contribution in [0.2, 0.25) is 0 Å². The molecule has 0 fully saturated rings. The summed E-state index contributed by atoms with van der Waals surface area (Å²) < 4.78 is 5.56. The molecule has 1 aromatic rings. The average Bonchev–Trinajstić information content (AvgIpc) is 2.34. The number of methoxy groups -OCH3 is 1. The summed E-state index contributed by atoms with van der Waals surface area (Å²) in [5.41, 5.74) is 2.77. The molecule has 0 aliphatic heterocycles. The van der Waals surface area contributed by atoms with Crippen molar-refractivity contribution in [2.24, 2.45) is 0 Å². The third kappa shape index (κ3) is 4.14. The molecule has 1 rings (SSSR count). The second kappa shape index (κ2) is 7.46. The molecule has 0 radical (unpaired) electrons. The Morgan fingerprint density at radius 1 is 1.24 bits per heavy atom. The third-order valence-electron chi connectivity index (χ3n) is 3.32. The van der Waals surface area contributed by atoms with E-state index in [1.165, 1.54) is 11.1 Å². The van der Waals surface area contributed by atoms with Gasteiger partial charge in [-0.2, -0.15) is 0 Å². The molecule has 0 aromatic heterocycles. The van der Waals surface area contributed by atoms with Gasteiger partial charge in [0.15, 0.2) is 0 Å². The quantitative estimate of drug-likeness (QED) is 0.784. The highest BCUT2D eigenvalue weighted by Gasteiger charge is 2.19. The van der Waals surface area contributed by atoms with Crippen LogP contribution in [0.25, 0.3) is 0 Å². The van der Waals surface area contributed by atoms with Crippen molar-refractivity contribution >= 4 is 0 Å². The molecule has 1 N–H and O–H groups in total. The normalized spacial score (nSPS) is 14.6. The first-order valence-electron chi connectivity index (χ1n) is 6.53. The van der Waals surface area contributed by atoms with Crippen molar-refractivity contribution in [1.82, 2.24) is 5.32 Å². The fourth-order valence-corrected chi connectivity index (χ4v) is 2.29. The zero-order chi connectivity index (χ0) is 12.7. The molecule has 0 saturated heterocycles. The lowest BCUT2D eigenvalue weighted by Crippen LogP contribution is -2.42. The minimum absolute atomic E-state index is 0.287. The first kappa shape index (κ1) is 14.2. The van der Waals surface area contributed by atoms with Gasteiger partial charge in [0.25, 0.3) is 0 Å². The Bertz CT molecular complexity index is 320. The number of hydrogen-bond acceptors (Lipinski definition) is 2. The molecule has 0 amide bonds. The molecule has 17 heavy (non-hydrogen) atoms. The van der Waals surface area contributed by atoms with Gasteiger partial charge >= 0.3 is 0 Å². The summed E-state index contributed by atoms with van der Waals surface area (Å²) in [5.74, 6) is 0. The predicted octanol–water partition coefficient (Wildman–Crippen LogP) is 2.94. The summed E-state index contributed by atoms with van der Waals surface area (Å²) in [6.45, 7) is 7.48. The van der Waals surface area contributed by atoms with Crippen LogP contribution < -0.4 is 5.32 Å². The molecule has 2 atom stereocenters. The van der Waals surface area contributed by atoms with Gasteiger partial charge in [-0.3, -0.25) is 0 Å². The third-order valence-corrected chi connectivity index (χ3v) is 3.32. The molecule has 0 saturated carbocycles. The fraction of sp³-hybridized carbons (Fsp3) is 0.600. The van der Waals surface area contributed by atoms with Gasteiger partial charge in [0.1, 0.15) is 0 Å². The van der Waals surface area contributed by atoms with E-state index in [0.717, 1.165) is 19.4 Å². The van der Waals surface area contributed by atoms with Gasteiger partial charge in [-0.1, -0.05) is 38.1 Å². The van der Waals surface area contributed by atoms with Gasteiger partial charge in [0.05, 0.1) is 6.10 Å². The second-order valence-corrected chi connectivity index (χ2v) is 4.48. The van der Waals surface area contributed by atoms with E-state index in [1.807, 2.05) is 0 Å². The number of likely N-dealkylation sites (N-methyl/N-ethyl adjacent to an activating group) is 1. The topological polar surface area (TPSA) is 21.3 Å². The smallest absolute Gasteiger partial charge is 0.0724 e. The number of rotatable bonds is 7. The van der Waals surface area contributed by atoms with E-state index in [4.69, 9.17) is 4.74 Å². The maximum absolute atomic E-state index is 5.56. The molecule has 0 aliphatic carbocycles. The lowest BCUT2D eigenvalue weighted by atomic mass is 9.96. The Kier molecular flexibility index (Phi) is 6.23. The zero-order valence-electron chi connectivity index (χ0n) is 11.5. The van der Waals surface area contributed by atoms with Crippen molar-refractivity contribution in [2.75, 3.05) is 13.7 Å². The maximum Gasteiger partial charge on any atom is 0.0724 e. The summed E-state index contributed by atoms with van der Waals surface area (Å²) in [5, 5.41) is 3.54. The van der Waals surface area contributed by atoms with Crippen LogP contribution in [0.5, 0.6) is 0 Å². The van der Waals surface area contributed by atoms with Crippen LogP contribution >= 0.6 is 0 Å². The van der Waals surface area contributed by atoms with Gasteiger partial charge in [-0.05, 0) is 37.4 Å². The molecular weight excluding hydrogens is 210 g/mol. The number of nitrogens with one attached hydrogen (secondary N) is 1. The summed E-state index contributed by atoms with van der Waals surface area (Å²) in [4.78, 5) is 0. The van der Waals surface area contributed by atoms with E-state index >= 15 is 0 Å². The van der Waals surface area contributed by atoms with Crippen LogP contribution in [0.1, 0.15) is 31.4 Å². The van der Waals surface area contributed by atoms with Crippen LogP contribution in [0.4, 0.5) is 0 Å². The molecule has 0 aliphatic rings. The first-order chi connectivity index (χ1) is 8.22. The number of hydrogen-bond donors (Lipinski definition) is 1. The molecule has 96 valence electrons. The van der Waals surface area contributed by atoms with Crippen LogP contribution in [0.3, 0.4) is 0 Å². The van der Waals surface area contributed by atoms with Gasteiger partial charge in [0.2, 0.25) is 0 Å². The minimum Gasteiger partial charge on any atom is -0.380 e. The fourth-order valence-electron chi connectivity index (χ4n) is 2.29. The molecular formula is C15H25NO. The predicted molar refractivity (Wildman–Crippen MR) is 73.4 cm³/mol. The van der Waals surface area contributed by atoms with E-state index in [9.17, 15) is 0 Å². The second-order valence-electron chi connectivity index (χ2n) is 4.48. The minimum atomic E-state index is 0.287. The zero-order valence-corrected chi connectivity index (χ0v) is 11.5. The van der Waals surface area contributed by atoms with Crippen LogP contribution in [0.15, 0.2) is 24.3 Å². The summed E-state index contributed by atoms with van der Waals surface area (Å²) in [7, 11) is 1.80. The van der Waals surface area contributed by atoms with Gasteiger partial charge in [0, 0.05) is 13.2 Å². The highest BCUT2D eigenvalue weighted by molar-refractivity contribution is 5.26. The van der Waals surface area contributed by atoms with Crippen molar-refractivity contribution in [3.8, 4) is 0 Å². The lowest BCUT2D eigenvalue weighted by Gasteiger charge is -2.26. The van der Waals surface area contributed by atoms with E-state index in [0.29, 0.717) is 6.04 Å². The maximum atomic E-state index is 5.56. The SMILES string of the molecule is CCNC(Cc1ccccc1C)C(CC)OC.